The molecule has 18 heavy (non-hydrogen) atoms. The molecule has 0 aliphatic carbocycles. The molecule has 2 N–H and O–H groups in total. The third-order valence-electron chi connectivity index (χ3n) is 2.28. The lowest BCUT2D eigenvalue weighted by Crippen LogP contribution is -2.29. The molecule has 7 heteroatoms. The van der Waals surface area contributed by atoms with Crippen molar-refractivity contribution in [3.05, 3.63) is 40.4 Å². The molecule has 0 radical (unpaired) electrons. The average Bonchev–Trinajstić information content (AvgIpc) is 2.27. The smallest absolute Gasteiger partial charge is 0.309 e. The number of hydrogen-bond donors (Lipinski definition) is 2. The summed E-state index contributed by atoms with van der Waals surface area (Å²) < 4.78 is 35.8. The van der Waals surface area contributed by atoms with Gasteiger partial charge in [-0.2, -0.15) is 13.2 Å². The molecule has 1 aromatic carbocycles. The second-order valence-electron chi connectivity index (χ2n) is 3.75. The number of rotatable bonds is 3. The first-order valence-electron chi connectivity index (χ1n) is 5.21. The van der Waals surface area contributed by atoms with Crippen molar-refractivity contribution in [2.75, 3.05) is 6.54 Å². The molecule has 0 spiro atoms. The van der Waals surface area contributed by atoms with Gasteiger partial charge in [-0.15, -0.1) is 0 Å². The number of benzene rings is 1. The van der Waals surface area contributed by atoms with Gasteiger partial charge < -0.3 is 10.3 Å². The molecule has 1 aromatic heterocycles. The van der Waals surface area contributed by atoms with Crippen LogP contribution in [-0.4, -0.2) is 22.7 Å². The predicted octanol–water partition coefficient (Wildman–Crippen LogP) is 1.57. The molecule has 0 unspecified atom stereocenters. The molecule has 0 saturated carbocycles. The summed E-state index contributed by atoms with van der Waals surface area (Å²) in [6.45, 7) is -1.26. The Bertz CT molecular complexity index is 606. The van der Waals surface area contributed by atoms with Crippen LogP contribution < -0.4 is 10.9 Å². The quantitative estimate of drug-likeness (QED) is 0.877. The largest absolute Gasteiger partial charge is 0.401 e. The highest BCUT2D eigenvalue weighted by Gasteiger charge is 2.26. The summed E-state index contributed by atoms with van der Waals surface area (Å²) in [6.07, 6.45) is -4.28. The predicted molar refractivity (Wildman–Crippen MR) is 60.1 cm³/mol. The lowest BCUT2D eigenvalue weighted by Gasteiger charge is -2.07. The van der Waals surface area contributed by atoms with Crippen LogP contribution in [0.5, 0.6) is 0 Å². The first-order chi connectivity index (χ1) is 8.46. The van der Waals surface area contributed by atoms with Crippen LogP contribution in [0.15, 0.2) is 29.1 Å². The van der Waals surface area contributed by atoms with Crippen LogP contribution in [0.2, 0.25) is 0 Å². The number of fused-ring (bicyclic) bond motifs is 1. The zero-order chi connectivity index (χ0) is 13.2. The molecule has 0 amide bonds. The third kappa shape index (κ3) is 3.07. The van der Waals surface area contributed by atoms with Crippen LogP contribution >= 0.6 is 0 Å². The minimum Gasteiger partial charge on any atom is -0.309 e. The van der Waals surface area contributed by atoms with Crippen molar-refractivity contribution < 1.29 is 13.2 Å². The molecule has 0 bridgehead atoms. The molecule has 0 fully saturated rings. The molecule has 4 nitrogen and oxygen atoms in total. The Morgan fingerprint density at radius 3 is 2.72 bits per heavy atom. The lowest BCUT2D eigenvalue weighted by atomic mass is 10.2. The molecule has 2 aromatic rings. The van der Waals surface area contributed by atoms with Crippen LogP contribution in [0.1, 0.15) is 5.82 Å². The summed E-state index contributed by atoms with van der Waals surface area (Å²) in [5.41, 5.74) is 0.106. The molecule has 96 valence electrons. The number of halogens is 3. The Morgan fingerprint density at radius 1 is 1.28 bits per heavy atom. The highest BCUT2D eigenvalue weighted by molar-refractivity contribution is 5.77. The molecule has 2 rings (SSSR count). The van der Waals surface area contributed by atoms with Gasteiger partial charge in [-0.05, 0) is 12.1 Å². The summed E-state index contributed by atoms with van der Waals surface area (Å²) >= 11 is 0. The van der Waals surface area contributed by atoms with Gasteiger partial charge in [0.25, 0.3) is 5.56 Å². The van der Waals surface area contributed by atoms with E-state index in [4.69, 9.17) is 0 Å². The molecule has 0 aliphatic rings. The molecule has 1 heterocycles. The number of nitrogens with one attached hydrogen (secondary N) is 2. The number of nitrogens with zero attached hydrogens (tertiary/aromatic N) is 1. The monoisotopic (exact) mass is 257 g/mol. The fourth-order valence-electron chi connectivity index (χ4n) is 1.54. The number of H-pyrrole nitrogens is 1. The van der Waals surface area contributed by atoms with E-state index >= 15 is 0 Å². The van der Waals surface area contributed by atoms with E-state index in [0.29, 0.717) is 10.9 Å². The topological polar surface area (TPSA) is 57.8 Å². The number of aromatic nitrogens is 2. The van der Waals surface area contributed by atoms with Crippen molar-refractivity contribution in [3.8, 4) is 0 Å². The van der Waals surface area contributed by atoms with Crippen molar-refractivity contribution in [2.24, 2.45) is 0 Å². The highest BCUT2D eigenvalue weighted by Crippen LogP contribution is 2.12. The Hall–Kier alpha value is -1.89. The fraction of sp³-hybridized carbons (Fsp3) is 0.273. The first kappa shape index (κ1) is 12.6. The Kier molecular flexibility index (Phi) is 3.33. The molecule has 0 aliphatic heterocycles. The standard InChI is InChI=1S/C11H10F3N3O/c12-11(13,14)6-15-5-9-16-8-4-2-1-3-7(8)10(18)17-9/h1-4,15H,5-6H2,(H,16,17,18). The summed E-state index contributed by atoms with van der Waals surface area (Å²) in [5, 5.41) is 2.59. The minimum absolute atomic E-state index is 0.139. The second-order valence-corrected chi connectivity index (χ2v) is 3.75. The van der Waals surface area contributed by atoms with E-state index in [-0.39, 0.29) is 17.9 Å². The van der Waals surface area contributed by atoms with E-state index in [1.165, 1.54) is 0 Å². The van der Waals surface area contributed by atoms with Gasteiger partial charge in [0.15, 0.2) is 0 Å². The molecule has 0 atom stereocenters. The van der Waals surface area contributed by atoms with Crippen molar-refractivity contribution in [1.29, 1.82) is 0 Å². The van der Waals surface area contributed by atoms with Gasteiger partial charge in [-0.3, -0.25) is 4.79 Å². The number of para-hydroxylation sites is 1. The fourth-order valence-corrected chi connectivity index (χ4v) is 1.54. The summed E-state index contributed by atoms with van der Waals surface area (Å²) in [5.74, 6) is 0.183. The number of hydrogen-bond acceptors (Lipinski definition) is 3. The maximum atomic E-state index is 11.9. The summed E-state index contributed by atoms with van der Waals surface area (Å²) in [4.78, 5) is 18.1. The molecule has 0 saturated heterocycles. The van der Waals surface area contributed by atoms with Crippen LogP contribution in [0.3, 0.4) is 0 Å². The van der Waals surface area contributed by atoms with E-state index in [9.17, 15) is 18.0 Å². The van der Waals surface area contributed by atoms with Crippen LogP contribution in [0.4, 0.5) is 13.2 Å². The van der Waals surface area contributed by atoms with Gasteiger partial charge in [0.1, 0.15) is 5.82 Å². The normalized spacial score (nSPS) is 11.9. The van der Waals surface area contributed by atoms with E-state index in [1.54, 1.807) is 24.3 Å². The van der Waals surface area contributed by atoms with Crippen molar-refractivity contribution in [2.45, 2.75) is 12.7 Å². The maximum absolute atomic E-state index is 11.9. The van der Waals surface area contributed by atoms with E-state index in [1.807, 2.05) is 0 Å². The van der Waals surface area contributed by atoms with Crippen molar-refractivity contribution in [3.63, 3.8) is 0 Å². The first-order valence-corrected chi connectivity index (χ1v) is 5.21. The zero-order valence-electron chi connectivity index (χ0n) is 9.21. The van der Waals surface area contributed by atoms with Gasteiger partial charge in [-0.1, -0.05) is 12.1 Å². The third-order valence-corrected chi connectivity index (χ3v) is 2.28. The van der Waals surface area contributed by atoms with Crippen LogP contribution in [0, 0.1) is 0 Å². The lowest BCUT2D eigenvalue weighted by molar-refractivity contribution is -0.125. The van der Waals surface area contributed by atoms with Gasteiger partial charge in [0.05, 0.1) is 24.0 Å². The summed E-state index contributed by atoms with van der Waals surface area (Å²) in [6, 6.07) is 6.65. The molecular formula is C11H10F3N3O. The highest BCUT2D eigenvalue weighted by atomic mass is 19.4. The SMILES string of the molecule is O=c1[nH]c(CNCC(F)(F)F)nc2ccccc12. The Labute approximate surface area is 99.9 Å². The summed E-state index contributed by atoms with van der Waals surface area (Å²) in [7, 11) is 0. The van der Waals surface area contributed by atoms with Gasteiger partial charge in [-0.25, -0.2) is 4.98 Å². The van der Waals surface area contributed by atoms with E-state index in [0.717, 1.165) is 0 Å². The molecular weight excluding hydrogens is 247 g/mol. The van der Waals surface area contributed by atoms with Crippen molar-refractivity contribution >= 4 is 10.9 Å². The average molecular weight is 257 g/mol. The maximum Gasteiger partial charge on any atom is 0.401 e. The van der Waals surface area contributed by atoms with Gasteiger partial charge in [0, 0.05) is 0 Å². The van der Waals surface area contributed by atoms with Gasteiger partial charge in [0.2, 0.25) is 0 Å². The van der Waals surface area contributed by atoms with Crippen LogP contribution in [0.25, 0.3) is 10.9 Å². The zero-order valence-corrected chi connectivity index (χ0v) is 9.21. The second kappa shape index (κ2) is 4.77. The van der Waals surface area contributed by atoms with Crippen LogP contribution in [-0.2, 0) is 6.54 Å². The van der Waals surface area contributed by atoms with E-state index in [2.05, 4.69) is 15.3 Å². The van der Waals surface area contributed by atoms with Gasteiger partial charge >= 0.3 is 6.18 Å². The Morgan fingerprint density at radius 2 is 2.00 bits per heavy atom. The number of aromatic amines is 1. The number of alkyl halides is 3. The Balaban J connectivity index is 2.17. The van der Waals surface area contributed by atoms with Crippen molar-refractivity contribution in [1.82, 2.24) is 15.3 Å². The minimum atomic E-state index is -4.28. The van der Waals surface area contributed by atoms with E-state index < -0.39 is 12.7 Å².